The van der Waals surface area contributed by atoms with E-state index in [2.05, 4.69) is 10.3 Å². The molecule has 0 saturated carbocycles. The van der Waals surface area contributed by atoms with Crippen LogP contribution in [0.25, 0.3) is 10.6 Å². The maximum Gasteiger partial charge on any atom is 0.273 e. The molecule has 0 aliphatic rings. The van der Waals surface area contributed by atoms with Gasteiger partial charge in [-0.2, -0.15) is 0 Å². The summed E-state index contributed by atoms with van der Waals surface area (Å²) in [4.78, 5) is 16.9. The van der Waals surface area contributed by atoms with E-state index in [1.165, 1.54) is 17.7 Å². The van der Waals surface area contributed by atoms with E-state index in [0.717, 1.165) is 4.88 Å². The molecule has 0 spiro atoms. The van der Waals surface area contributed by atoms with Crippen LogP contribution in [0.2, 0.25) is 0 Å². The number of nitrogens with one attached hydrogen (secondary N) is 1. The average molecular weight is 280 g/mol. The fourth-order valence-corrected chi connectivity index (χ4v) is 2.38. The van der Waals surface area contributed by atoms with Gasteiger partial charge in [0.05, 0.1) is 4.88 Å². The minimum Gasteiger partial charge on any atom is -0.442 e. The van der Waals surface area contributed by atoms with Crippen molar-refractivity contribution >= 4 is 17.2 Å². The number of carbonyl (C=O) groups is 1. The number of aliphatic hydroxyl groups excluding tert-OH is 1. The van der Waals surface area contributed by atoms with Gasteiger partial charge in [0, 0.05) is 13.2 Å². The van der Waals surface area contributed by atoms with Crippen LogP contribution in [0.4, 0.5) is 0 Å². The second-order valence-corrected chi connectivity index (χ2v) is 5.28. The summed E-state index contributed by atoms with van der Waals surface area (Å²) in [6.07, 6.45) is 1.94. The average Bonchev–Trinajstić information content (AvgIpc) is 3.05. The van der Waals surface area contributed by atoms with Crippen LogP contribution in [0.1, 0.15) is 23.8 Å². The minimum atomic E-state index is -0.248. The van der Waals surface area contributed by atoms with Crippen molar-refractivity contribution in [3.05, 3.63) is 29.6 Å². The van der Waals surface area contributed by atoms with Crippen LogP contribution in [-0.4, -0.2) is 29.1 Å². The third kappa shape index (κ3) is 3.42. The first kappa shape index (κ1) is 13.8. The van der Waals surface area contributed by atoms with E-state index in [0.29, 0.717) is 24.4 Å². The van der Waals surface area contributed by atoms with Gasteiger partial charge in [0.25, 0.3) is 5.91 Å². The Morgan fingerprint density at radius 3 is 3.16 bits per heavy atom. The highest BCUT2D eigenvalue weighted by Crippen LogP contribution is 2.27. The second-order valence-electron chi connectivity index (χ2n) is 4.33. The van der Waals surface area contributed by atoms with Gasteiger partial charge in [0.1, 0.15) is 0 Å². The quantitative estimate of drug-likeness (QED) is 0.850. The van der Waals surface area contributed by atoms with E-state index in [4.69, 9.17) is 9.52 Å². The van der Waals surface area contributed by atoms with Crippen LogP contribution >= 0.6 is 11.3 Å². The summed E-state index contributed by atoms with van der Waals surface area (Å²) >= 11 is 1.50. The highest BCUT2D eigenvalue weighted by molar-refractivity contribution is 7.13. The van der Waals surface area contributed by atoms with Crippen molar-refractivity contribution in [1.29, 1.82) is 0 Å². The van der Waals surface area contributed by atoms with E-state index in [1.807, 2.05) is 24.4 Å². The van der Waals surface area contributed by atoms with Gasteiger partial charge < -0.3 is 14.8 Å². The summed E-state index contributed by atoms with van der Waals surface area (Å²) in [5.41, 5.74) is 0.304. The molecule has 0 aliphatic heterocycles. The fraction of sp³-hybridized carbons (Fsp3) is 0.385. The van der Waals surface area contributed by atoms with Gasteiger partial charge in [0.2, 0.25) is 0 Å². The highest BCUT2D eigenvalue weighted by atomic mass is 32.1. The molecule has 0 aliphatic carbocycles. The van der Waals surface area contributed by atoms with Crippen LogP contribution in [-0.2, 0) is 0 Å². The van der Waals surface area contributed by atoms with Crippen LogP contribution in [0.15, 0.2) is 28.3 Å². The summed E-state index contributed by atoms with van der Waals surface area (Å²) in [5, 5.41) is 13.5. The third-order valence-corrected chi connectivity index (χ3v) is 3.63. The Bertz CT molecular complexity index is 522. The number of hydrogen-bond donors (Lipinski definition) is 2. The summed E-state index contributed by atoms with van der Waals surface area (Å²) in [6.45, 7) is 2.61. The molecule has 1 unspecified atom stereocenters. The lowest BCUT2D eigenvalue weighted by Crippen LogP contribution is -2.29. The molecule has 1 amide bonds. The number of aliphatic hydroxyl groups is 1. The van der Waals surface area contributed by atoms with Crippen molar-refractivity contribution < 1.29 is 14.3 Å². The number of thiophene rings is 1. The largest absolute Gasteiger partial charge is 0.442 e. The SMILES string of the molecule is CC(CCO)CNC(=O)c1ncoc1-c1cccs1. The van der Waals surface area contributed by atoms with Crippen molar-refractivity contribution in [2.24, 2.45) is 5.92 Å². The van der Waals surface area contributed by atoms with Gasteiger partial charge in [-0.3, -0.25) is 4.79 Å². The van der Waals surface area contributed by atoms with Gasteiger partial charge in [0.15, 0.2) is 17.8 Å². The van der Waals surface area contributed by atoms with Crippen LogP contribution in [0.3, 0.4) is 0 Å². The lowest BCUT2D eigenvalue weighted by atomic mass is 10.1. The van der Waals surface area contributed by atoms with Crippen molar-refractivity contribution in [2.45, 2.75) is 13.3 Å². The Balaban J connectivity index is 2.02. The Morgan fingerprint density at radius 1 is 1.63 bits per heavy atom. The standard InChI is InChI=1S/C13H16N2O3S/c1-9(4-5-16)7-14-13(17)11-12(18-8-15-11)10-3-2-6-19-10/h2-3,6,8-9,16H,4-5,7H2,1H3,(H,14,17). The van der Waals surface area contributed by atoms with Crippen LogP contribution in [0.5, 0.6) is 0 Å². The number of carbonyl (C=O) groups excluding carboxylic acids is 1. The molecule has 0 saturated heterocycles. The number of aromatic nitrogens is 1. The first-order valence-electron chi connectivity index (χ1n) is 6.08. The molecule has 2 N–H and O–H groups in total. The Hall–Kier alpha value is -1.66. The number of amides is 1. The molecule has 6 heteroatoms. The van der Waals surface area contributed by atoms with Crippen LogP contribution in [0, 0.1) is 5.92 Å². The zero-order valence-corrected chi connectivity index (χ0v) is 11.4. The third-order valence-electron chi connectivity index (χ3n) is 2.76. The lowest BCUT2D eigenvalue weighted by molar-refractivity contribution is 0.0941. The molecule has 2 rings (SSSR count). The predicted octanol–water partition coefficient (Wildman–Crippen LogP) is 2.15. The summed E-state index contributed by atoms with van der Waals surface area (Å²) in [7, 11) is 0. The topological polar surface area (TPSA) is 75.4 Å². The number of hydrogen-bond acceptors (Lipinski definition) is 5. The normalized spacial score (nSPS) is 12.3. The number of rotatable bonds is 6. The molecule has 19 heavy (non-hydrogen) atoms. The van der Waals surface area contributed by atoms with Crippen molar-refractivity contribution in [3.63, 3.8) is 0 Å². The zero-order chi connectivity index (χ0) is 13.7. The second kappa shape index (κ2) is 6.49. The first-order chi connectivity index (χ1) is 9.22. The smallest absolute Gasteiger partial charge is 0.273 e. The van der Waals surface area contributed by atoms with Crippen LogP contribution < -0.4 is 5.32 Å². The molecule has 0 aromatic carbocycles. The number of oxazole rings is 1. The monoisotopic (exact) mass is 280 g/mol. The van der Waals surface area contributed by atoms with Crippen molar-refractivity contribution in [2.75, 3.05) is 13.2 Å². The Kier molecular flexibility index (Phi) is 4.70. The molecular weight excluding hydrogens is 264 g/mol. The molecule has 0 bridgehead atoms. The van der Waals surface area contributed by atoms with Gasteiger partial charge in [-0.05, 0) is 23.8 Å². The molecule has 2 aromatic heterocycles. The first-order valence-corrected chi connectivity index (χ1v) is 6.96. The predicted molar refractivity (Wildman–Crippen MR) is 73.0 cm³/mol. The molecule has 102 valence electrons. The van der Waals surface area contributed by atoms with Gasteiger partial charge >= 0.3 is 0 Å². The maximum atomic E-state index is 12.0. The number of nitrogens with zero attached hydrogens (tertiary/aromatic N) is 1. The van der Waals surface area contributed by atoms with Gasteiger partial charge in [-0.15, -0.1) is 11.3 Å². The fourth-order valence-electron chi connectivity index (χ4n) is 1.66. The zero-order valence-electron chi connectivity index (χ0n) is 10.6. The molecule has 0 fully saturated rings. The summed E-state index contributed by atoms with van der Waals surface area (Å²) < 4.78 is 5.28. The molecule has 0 radical (unpaired) electrons. The molecule has 1 atom stereocenters. The van der Waals surface area contributed by atoms with E-state index >= 15 is 0 Å². The summed E-state index contributed by atoms with van der Waals surface area (Å²) in [6, 6.07) is 3.78. The molecular formula is C13H16N2O3S. The highest BCUT2D eigenvalue weighted by Gasteiger charge is 2.19. The molecule has 2 heterocycles. The van der Waals surface area contributed by atoms with Crippen molar-refractivity contribution in [3.8, 4) is 10.6 Å². The van der Waals surface area contributed by atoms with E-state index in [9.17, 15) is 4.79 Å². The maximum absolute atomic E-state index is 12.0. The molecule has 5 nitrogen and oxygen atoms in total. The lowest BCUT2D eigenvalue weighted by Gasteiger charge is -2.10. The minimum absolute atomic E-state index is 0.126. The van der Waals surface area contributed by atoms with Crippen molar-refractivity contribution in [1.82, 2.24) is 10.3 Å². The molecule has 2 aromatic rings. The van der Waals surface area contributed by atoms with E-state index < -0.39 is 0 Å². The van der Waals surface area contributed by atoms with E-state index in [-0.39, 0.29) is 18.4 Å². The Morgan fingerprint density at radius 2 is 2.47 bits per heavy atom. The van der Waals surface area contributed by atoms with Gasteiger partial charge in [-0.25, -0.2) is 4.98 Å². The van der Waals surface area contributed by atoms with E-state index in [1.54, 1.807) is 0 Å². The Labute approximate surface area is 115 Å². The summed E-state index contributed by atoms with van der Waals surface area (Å²) in [5.74, 6) is 0.482. The van der Waals surface area contributed by atoms with Gasteiger partial charge in [-0.1, -0.05) is 13.0 Å².